The van der Waals surface area contributed by atoms with E-state index in [-0.39, 0.29) is 5.91 Å². The summed E-state index contributed by atoms with van der Waals surface area (Å²) in [4.78, 5) is 12.5. The minimum Gasteiger partial charge on any atom is -0.493 e. The van der Waals surface area contributed by atoms with Crippen LogP contribution in [0.25, 0.3) is 0 Å². The molecule has 0 saturated heterocycles. The van der Waals surface area contributed by atoms with Gasteiger partial charge in [-0.25, -0.2) is 5.43 Å². The van der Waals surface area contributed by atoms with Crippen LogP contribution in [-0.2, 0) is 0 Å². The molecule has 2 aromatic rings. The fourth-order valence-corrected chi connectivity index (χ4v) is 2.37. The van der Waals surface area contributed by atoms with E-state index >= 15 is 0 Å². The SMILES string of the molecule is CCC(=NNC(=O)c1cc(OC)c(OC)c(OC)c1)c1ccccc1. The van der Waals surface area contributed by atoms with E-state index < -0.39 is 0 Å². The lowest BCUT2D eigenvalue weighted by atomic mass is 10.1. The zero-order chi connectivity index (χ0) is 18.2. The maximum absolute atomic E-state index is 12.5. The van der Waals surface area contributed by atoms with E-state index in [0.717, 1.165) is 11.3 Å². The molecule has 0 aromatic heterocycles. The second-order valence-corrected chi connectivity index (χ2v) is 5.13. The standard InChI is InChI=1S/C19H22N2O4/c1-5-15(13-9-7-6-8-10-13)20-21-19(22)14-11-16(23-2)18(25-4)17(12-14)24-3/h6-12H,5H2,1-4H3,(H,21,22). The molecule has 2 aromatic carbocycles. The number of nitrogens with one attached hydrogen (secondary N) is 1. The smallest absolute Gasteiger partial charge is 0.271 e. The highest BCUT2D eigenvalue weighted by molar-refractivity contribution is 6.02. The van der Waals surface area contributed by atoms with Crippen LogP contribution in [0.2, 0.25) is 0 Å². The predicted octanol–water partition coefficient (Wildman–Crippen LogP) is 3.26. The van der Waals surface area contributed by atoms with E-state index in [9.17, 15) is 4.79 Å². The van der Waals surface area contributed by atoms with Gasteiger partial charge in [0, 0.05) is 5.56 Å². The number of amides is 1. The van der Waals surface area contributed by atoms with Crippen LogP contribution in [0.3, 0.4) is 0 Å². The maximum Gasteiger partial charge on any atom is 0.271 e. The second-order valence-electron chi connectivity index (χ2n) is 5.13. The minimum absolute atomic E-state index is 0.360. The molecule has 0 atom stereocenters. The number of methoxy groups -OCH3 is 3. The summed E-state index contributed by atoms with van der Waals surface area (Å²) < 4.78 is 15.8. The van der Waals surface area contributed by atoms with Crippen molar-refractivity contribution in [1.82, 2.24) is 5.43 Å². The van der Waals surface area contributed by atoms with Crippen LogP contribution in [0.5, 0.6) is 17.2 Å². The van der Waals surface area contributed by atoms with Crippen molar-refractivity contribution in [1.29, 1.82) is 0 Å². The molecule has 0 aliphatic rings. The first-order valence-electron chi connectivity index (χ1n) is 7.86. The topological polar surface area (TPSA) is 69.2 Å². The van der Waals surface area contributed by atoms with E-state index in [1.54, 1.807) is 12.1 Å². The maximum atomic E-state index is 12.5. The lowest BCUT2D eigenvalue weighted by Gasteiger charge is -2.13. The molecule has 0 fully saturated rings. The molecule has 25 heavy (non-hydrogen) atoms. The summed E-state index contributed by atoms with van der Waals surface area (Å²) >= 11 is 0. The van der Waals surface area contributed by atoms with Crippen LogP contribution in [-0.4, -0.2) is 32.9 Å². The molecule has 132 valence electrons. The summed E-state index contributed by atoms with van der Waals surface area (Å²) in [6, 6.07) is 12.9. The van der Waals surface area contributed by atoms with Crippen LogP contribution < -0.4 is 19.6 Å². The highest BCUT2D eigenvalue weighted by Gasteiger charge is 2.17. The van der Waals surface area contributed by atoms with Gasteiger partial charge in [-0.1, -0.05) is 37.3 Å². The van der Waals surface area contributed by atoms with Gasteiger partial charge < -0.3 is 14.2 Å². The largest absolute Gasteiger partial charge is 0.493 e. The Morgan fingerprint density at radius 3 is 2.04 bits per heavy atom. The average molecular weight is 342 g/mol. The zero-order valence-corrected chi connectivity index (χ0v) is 14.8. The molecule has 2 rings (SSSR count). The molecule has 0 unspecified atom stereocenters. The zero-order valence-electron chi connectivity index (χ0n) is 14.8. The molecule has 0 radical (unpaired) electrons. The molecule has 0 aliphatic carbocycles. The molecular formula is C19H22N2O4. The summed E-state index contributed by atoms with van der Waals surface area (Å²) in [6.45, 7) is 1.98. The van der Waals surface area contributed by atoms with Gasteiger partial charge in [0.15, 0.2) is 11.5 Å². The average Bonchev–Trinajstić information content (AvgIpc) is 2.67. The summed E-state index contributed by atoms with van der Waals surface area (Å²) in [7, 11) is 4.52. The molecule has 0 saturated carbocycles. The Balaban J connectivity index is 2.27. The predicted molar refractivity (Wildman–Crippen MR) is 96.8 cm³/mol. The highest BCUT2D eigenvalue weighted by atomic mass is 16.5. The molecule has 6 heteroatoms. The van der Waals surface area contributed by atoms with Gasteiger partial charge in [0.05, 0.1) is 27.0 Å². The van der Waals surface area contributed by atoms with Gasteiger partial charge in [0.1, 0.15) is 0 Å². The molecule has 1 N–H and O–H groups in total. The molecule has 0 heterocycles. The number of hydrogen-bond acceptors (Lipinski definition) is 5. The van der Waals surface area contributed by atoms with Crippen molar-refractivity contribution in [3.05, 3.63) is 53.6 Å². The fraction of sp³-hybridized carbons (Fsp3) is 0.263. The number of hydrogen-bond donors (Lipinski definition) is 1. The van der Waals surface area contributed by atoms with Crippen molar-refractivity contribution < 1.29 is 19.0 Å². The van der Waals surface area contributed by atoms with Gasteiger partial charge in [-0.2, -0.15) is 5.10 Å². The second kappa shape index (κ2) is 8.73. The van der Waals surface area contributed by atoms with Crippen LogP contribution in [0.1, 0.15) is 29.3 Å². The van der Waals surface area contributed by atoms with Gasteiger partial charge >= 0.3 is 0 Å². The Labute approximate surface area is 147 Å². The number of carbonyl (C=O) groups is 1. The normalized spacial score (nSPS) is 11.0. The van der Waals surface area contributed by atoms with Crippen molar-refractivity contribution in [2.45, 2.75) is 13.3 Å². The van der Waals surface area contributed by atoms with Gasteiger partial charge in [-0.3, -0.25) is 4.79 Å². The van der Waals surface area contributed by atoms with Crippen molar-refractivity contribution >= 4 is 11.6 Å². The number of nitrogens with zero attached hydrogens (tertiary/aromatic N) is 1. The first-order chi connectivity index (χ1) is 12.1. The van der Waals surface area contributed by atoms with Gasteiger partial charge in [-0.05, 0) is 24.1 Å². The summed E-state index contributed by atoms with van der Waals surface area (Å²) in [5, 5.41) is 4.25. The molecule has 0 aliphatic heterocycles. The van der Waals surface area contributed by atoms with Crippen molar-refractivity contribution in [3.63, 3.8) is 0 Å². The Kier molecular flexibility index (Phi) is 6.39. The molecular weight excluding hydrogens is 320 g/mol. The first kappa shape index (κ1) is 18.3. The third-order valence-electron chi connectivity index (χ3n) is 3.66. The van der Waals surface area contributed by atoms with E-state index in [1.165, 1.54) is 21.3 Å². The van der Waals surface area contributed by atoms with Crippen LogP contribution in [0, 0.1) is 0 Å². The third kappa shape index (κ3) is 4.29. The first-order valence-corrected chi connectivity index (χ1v) is 7.86. The third-order valence-corrected chi connectivity index (χ3v) is 3.66. The Morgan fingerprint density at radius 2 is 1.56 bits per heavy atom. The van der Waals surface area contributed by atoms with Gasteiger partial charge in [0.2, 0.25) is 5.75 Å². The highest BCUT2D eigenvalue weighted by Crippen LogP contribution is 2.38. The Morgan fingerprint density at radius 1 is 0.960 bits per heavy atom. The molecule has 0 spiro atoms. The monoisotopic (exact) mass is 342 g/mol. The van der Waals surface area contributed by atoms with Crippen LogP contribution >= 0.6 is 0 Å². The van der Waals surface area contributed by atoms with Crippen molar-refractivity contribution in [3.8, 4) is 17.2 Å². The number of benzene rings is 2. The van der Waals surface area contributed by atoms with E-state index in [2.05, 4.69) is 10.5 Å². The number of ether oxygens (including phenoxy) is 3. The van der Waals surface area contributed by atoms with E-state index in [0.29, 0.717) is 29.2 Å². The molecule has 6 nitrogen and oxygen atoms in total. The summed E-state index contributed by atoms with van der Waals surface area (Å²) in [5.74, 6) is 0.897. The van der Waals surface area contributed by atoms with Crippen molar-refractivity contribution in [2.24, 2.45) is 5.10 Å². The van der Waals surface area contributed by atoms with E-state index in [4.69, 9.17) is 14.2 Å². The quantitative estimate of drug-likeness (QED) is 0.619. The summed E-state index contributed by atoms with van der Waals surface area (Å²) in [5.41, 5.74) is 4.71. The summed E-state index contributed by atoms with van der Waals surface area (Å²) in [6.07, 6.45) is 0.694. The lowest BCUT2D eigenvalue weighted by molar-refractivity contribution is 0.0954. The molecule has 1 amide bonds. The minimum atomic E-state index is -0.360. The van der Waals surface area contributed by atoms with Crippen LogP contribution in [0.15, 0.2) is 47.6 Å². The Bertz CT molecular complexity index is 732. The Hall–Kier alpha value is -3.02. The van der Waals surface area contributed by atoms with Crippen LogP contribution in [0.4, 0.5) is 0 Å². The number of hydrazone groups is 1. The van der Waals surface area contributed by atoms with Gasteiger partial charge in [-0.15, -0.1) is 0 Å². The number of rotatable bonds is 7. The van der Waals surface area contributed by atoms with E-state index in [1.807, 2.05) is 37.3 Å². The molecule has 0 bridgehead atoms. The number of carbonyl (C=O) groups excluding carboxylic acids is 1. The van der Waals surface area contributed by atoms with Gasteiger partial charge in [0.25, 0.3) is 5.91 Å². The fourth-order valence-electron chi connectivity index (χ4n) is 2.37. The lowest BCUT2D eigenvalue weighted by Crippen LogP contribution is -2.20. The van der Waals surface area contributed by atoms with Crippen molar-refractivity contribution in [2.75, 3.05) is 21.3 Å².